The van der Waals surface area contributed by atoms with Crippen molar-refractivity contribution in [3.8, 4) is 0 Å². The third-order valence-corrected chi connectivity index (χ3v) is 1.81. The van der Waals surface area contributed by atoms with E-state index < -0.39 is 24.2 Å². The van der Waals surface area contributed by atoms with Crippen LogP contribution in [0.2, 0.25) is 0 Å². The molecule has 0 spiro atoms. The predicted octanol–water partition coefficient (Wildman–Crippen LogP) is 0.564. The summed E-state index contributed by atoms with van der Waals surface area (Å²) in [6.45, 7) is 0. The Morgan fingerprint density at radius 2 is 2.27 bits per heavy atom. The molecule has 1 unspecified atom stereocenters. The van der Waals surface area contributed by atoms with E-state index in [4.69, 9.17) is 0 Å². The SMILES string of the molecule is COC(=O)C(O)c1cn(C)nc1C(F)F. The lowest BCUT2D eigenvalue weighted by atomic mass is 10.1. The number of nitrogens with zero attached hydrogens (tertiary/aromatic N) is 2. The Morgan fingerprint density at radius 1 is 1.67 bits per heavy atom. The number of esters is 1. The van der Waals surface area contributed by atoms with E-state index in [0.717, 1.165) is 18.0 Å². The molecule has 0 aliphatic carbocycles. The van der Waals surface area contributed by atoms with E-state index in [-0.39, 0.29) is 5.56 Å². The van der Waals surface area contributed by atoms with E-state index in [0.29, 0.717) is 0 Å². The fourth-order valence-corrected chi connectivity index (χ4v) is 1.14. The molecule has 84 valence electrons. The zero-order chi connectivity index (χ0) is 11.6. The van der Waals surface area contributed by atoms with Gasteiger partial charge in [-0.15, -0.1) is 0 Å². The highest BCUT2D eigenvalue weighted by Gasteiger charge is 2.27. The summed E-state index contributed by atoms with van der Waals surface area (Å²) >= 11 is 0. The first kappa shape index (κ1) is 11.6. The molecular weight excluding hydrogens is 210 g/mol. The Labute approximate surface area is 84.3 Å². The molecule has 1 N–H and O–H groups in total. The third-order valence-electron chi connectivity index (χ3n) is 1.81. The molecule has 1 atom stereocenters. The van der Waals surface area contributed by atoms with Crippen LogP contribution >= 0.6 is 0 Å². The van der Waals surface area contributed by atoms with E-state index in [1.807, 2.05) is 0 Å². The van der Waals surface area contributed by atoms with Gasteiger partial charge in [0.05, 0.1) is 7.11 Å². The first-order valence-corrected chi connectivity index (χ1v) is 4.04. The largest absolute Gasteiger partial charge is 0.467 e. The number of aryl methyl sites for hydroxylation is 1. The van der Waals surface area contributed by atoms with Gasteiger partial charge in [-0.25, -0.2) is 13.6 Å². The molecule has 5 nitrogen and oxygen atoms in total. The molecule has 1 heterocycles. The van der Waals surface area contributed by atoms with Crippen molar-refractivity contribution < 1.29 is 23.4 Å². The van der Waals surface area contributed by atoms with Crippen LogP contribution in [0, 0.1) is 0 Å². The Morgan fingerprint density at radius 3 is 2.73 bits per heavy atom. The second-order valence-corrected chi connectivity index (χ2v) is 2.87. The van der Waals surface area contributed by atoms with Crippen molar-refractivity contribution in [3.63, 3.8) is 0 Å². The number of rotatable bonds is 3. The van der Waals surface area contributed by atoms with Crippen molar-refractivity contribution in [2.45, 2.75) is 12.5 Å². The predicted molar refractivity (Wildman–Crippen MR) is 45.1 cm³/mol. The van der Waals surface area contributed by atoms with Gasteiger partial charge in [0, 0.05) is 18.8 Å². The van der Waals surface area contributed by atoms with Crippen LogP contribution in [0.15, 0.2) is 6.20 Å². The number of ether oxygens (including phenoxy) is 1. The van der Waals surface area contributed by atoms with Gasteiger partial charge < -0.3 is 9.84 Å². The van der Waals surface area contributed by atoms with Gasteiger partial charge in [0.2, 0.25) is 0 Å². The second kappa shape index (κ2) is 4.35. The Hall–Kier alpha value is -1.50. The van der Waals surface area contributed by atoms with Crippen LogP contribution in [-0.2, 0) is 16.6 Å². The van der Waals surface area contributed by atoms with Crippen molar-refractivity contribution in [2.24, 2.45) is 7.05 Å². The lowest BCUT2D eigenvalue weighted by molar-refractivity contribution is -0.150. The molecule has 0 radical (unpaired) electrons. The molecule has 7 heteroatoms. The molecule has 0 amide bonds. The molecular formula is C8H10F2N2O3. The molecule has 0 bridgehead atoms. The van der Waals surface area contributed by atoms with E-state index in [9.17, 15) is 18.7 Å². The number of alkyl halides is 2. The minimum atomic E-state index is -2.85. The summed E-state index contributed by atoms with van der Waals surface area (Å²) in [5.41, 5.74) is -0.852. The number of aromatic nitrogens is 2. The summed E-state index contributed by atoms with van der Waals surface area (Å²) in [7, 11) is 2.48. The van der Waals surface area contributed by atoms with Crippen molar-refractivity contribution in [3.05, 3.63) is 17.5 Å². The van der Waals surface area contributed by atoms with E-state index in [1.165, 1.54) is 7.05 Å². The average molecular weight is 220 g/mol. The molecule has 1 rings (SSSR count). The Bertz CT molecular complexity index is 365. The topological polar surface area (TPSA) is 64.3 Å². The number of methoxy groups -OCH3 is 1. The van der Waals surface area contributed by atoms with E-state index in [1.54, 1.807) is 0 Å². The van der Waals surface area contributed by atoms with Gasteiger partial charge in [-0.2, -0.15) is 5.10 Å². The highest BCUT2D eigenvalue weighted by Crippen LogP contribution is 2.26. The molecule has 0 saturated carbocycles. The minimum absolute atomic E-state index is 0.237. The Balaban J connectivity index is 3.07. The lowest BCUT2D eigenvalue weighted by Crippen LogP contribution is -2.14. The summed E-state index contributed by atoms with van der Waals surface area (Å²) in [6.07, 6.45) is -3.42. The highest BCUT2D eigenvalue weighted by molar-refractivity contribution is 5.76. The van der Waals surface area contributed by atoms with Crippen LogP contribution in [0.1, 0.15) is 23.8 Å². The van der Waals surface area contributed by atoms with Gasteiger partial charge >= 0.3 is 5.97 Å². The maximum Gasteiger partial charge on any atom is 0.339 e. The number of aliphatic hydroxyl groups is 1. The molecule has 0 saturated heterocycles. The fraction of sp³-hybridized carbons (Fsp3) is 0.500. The monoisotopic (exact) mass is 220 g/mol. The number of halogens is 2. The quantitative estimate of drug-likeness (QED) is 0.756. The van der Waals surface area contributed by atoms with Crippen LogP contribution < -0.4 is 0 Å². The van der Waals surface area contributed by atoms with Gasteiger partial charge in [0.1, 0.15) is 5.69 Å². The van der Waals surface area contributed by atoms with Crippen LogP contribution in [0.3, 0.4) is 0 Å². The van der Waals surface area contributed by atoms with Crippen molar-refractivity contribution in [1.29, 1.82) is 0 Å². The first-order chi connectivity index (χ1) is 6.97. The molecule has 0 aromatic carbocycles. The van der Waals surface area contributed by atoms with Gasteiger partial charge in [0.25, 0.3) is 6.43 Å². The molecule has 1 aromatic rings. The van der Waals surface area contributed by atoms with Crippen LogP contribution in [0.25, 0.3) is 0 Å². The van der Waals surface area contributed by atoms with Gasteiger partial charge in [-0.05, 0) is 0 Å². The molecule has 0 fully saturated rings. The second-order valence-electron chi connectivity index (χ2n) is 2.87. The molecule has 15 heavy (non-hydrogen) atoms. The summed E-state index contributed by atoms with van der Waals surface area (Å²) in [6, 6.07) is 0. The van der Waals surface area contributed by atoms with Crippen LogP contribution in [0.4, 0.5) is 8.78 Å². The van der Waals surface area contributed by atoms with Crippen molar-refractivity contribution in [1.82, 2.24) is 9.78 Å². The number of hydrogen-bond donors (Lipinski definition) is 1. The number of aliphatic hydroxyl groups excluding tert-OH is 1. The maximum atomic E-state index is 12.4. The lowest BCUT2D eigenvalue weighted by Gasteiger charge is -2.07. The summed E-state index contributed by atoms with van der Waals surface area (Å²) in [4.78, 5) is 10.9. The normalized spacial score (nSPS) is 12.9. The maximum absolute atomic E-state index is 12.4. The Kier molecular flexibility index (Phi) is 3.35. The minimum Gasteiger partial charge on any atom is -0.467 e. The molecule has 0 aliphatic heterocycles. The number of carbonyl (C=O) groups excluding carboxylic acids is 1. The summed E-state index contributed by atoms with van der Waals surface area (Å²) in [5.74, 6) is -0.995. The van der Waals surface area contributed by atoms with Gasteiger partial charge in [-0.3, -0.25) is 4.68 Å². The summed E-state index contributed by atoms with van der Waals surface area (Å²) < 4.78 is 30.2. The summed E-state index contributed by atoms with van der Waals surface area (Å²) in [5, 5.41) is 12.8. The van der Waals surface area contributed by atoms with Gasteiger partial charge in [-0.1, -0.05) is 0 Å². The van der Waals surface area contributed by atoms with Crippen LogP contribution in [0.5, 0.6) is 0 Å². The van der Waals surface area contributed by atoms with Crippen molar-refractivity contribution in [2.75, 3.05) is 7.11 Å². The number of hydrogen-bond acceptors (Lipinski definition) is 4. The number of carbonyl (C=O) groups is 1. The highest BCUT2D eigenvalue weighted by atomic mass is 19.3. The zero-order valence-corrected chi connectivity index (χ0v) is 8.15. The van der Waals surface area contributed by atoms with Crippen molar-refractivity contribution >= 4 is 5.97 Å². The van der Waals surface area contributed by atoms with E-state index >= 15 is 0 Å². The van der Waals surface area contributed by atoms with E-state index in [2.05, 4.69) is 9.84 Å². The van der Waals surface area contributed by atoms with Crippen LogP contribution in [-0.4, -0.2) is 28.0 Å². The average Bonchev–Trinajstić information content (AvgIpc) is 2.58. The standard InChI is InChI=1S/C8H10F2N2O3/c1-12-3-4(5(11-12)7(9)10)6(13)8(14)15-2/h3,6-7,13H,1-2H3. The van der Waals surface area contributed by atoms with Gasteiger partial charge in [0.15, 0.2) is 6.10 Å². The molecule has 0 aliphatic rings. The molecule has 1 aromatic heterocycles. The fourth-order valence-electron chi connectivity index (χ4n) is 1.14. The third kappa shape index (κ3) is 2.30. The first-order valence-electron chi connectivity index (χ1n) is 4.04. The zero-order valence-electron chi connectivity index (χ0n) is 8.15. The smallest absolute Gasteiger partial charge is 0.339 e.